The van der Waals surface area contributed by atoms with Crippen LogP contribution in [0.2, 0.25) is 0 Å². The molecule has 0 aliphatic rings. The number of hydrogen-bond donors (Lipinski definition) is 1. The lowest BCUT2D eigenvalue weighted by Gasteiger charge is -2.31. The van der Waals surface area contributed by atoms with E-state index in [1.54, 1.807) is 41.5 Å². The number of rotatable bonds is 5. The molecule has 1 N–H and O–H groups in total. The minimum Gasteiger partial charge on any atom is -0.458 e. The van der Waals surface area contributed by atoms with Crippen molar-refractivity contribution in [3.63, 3.8) is 0 Å². The van der Waals surface area contributed by atoms with Gasteiger partial charge in [-0.05, 0) is 54.4 Å². The van der Waals surface area contributed by atoms with Crippen LogP contribution in [-0.2, 0) is 14.3 Å². The van der Waals surface area contributed by atoms with Crippen LogP contribution in [0, 0.1) is 0 Å². The van der Waals surface area contributed by atoms with Crippen LogP contribution in [0.1, 0.15) is 54.4 Å². The zero-order valence-corrected chi connectivity index (χ0v) is 14.2. The minimum absolute atomic E-state index is 0.0541. The topological polar surface area (TPSA) is 76.1 Å². The van der Waals surface area contributed by atoms with Gasteiger partial charge in [0.2, 0.25) is 0 Å². The van der Waals surface area contributed by atoms with Crippen LogP contribution in [0.4, 0.5) is 4.79 Å². The lowest BCUT2D eigenvalue weighted by atomic mass is 10.1. The van der Waals surface area contributed by atoms with Gasteiger partial charge < -0.3 is 14.6 Å². The van der Waals surface area contributed by atoms with Crippen molar-refractivity contribution in [3.8, 4) is 0 Å². The molecule has 0 aromatic heterocycles. The van der Waals surface area contributed by atoms with Gasteiger partial charge in [0.1, 0.15) is 17.2 Å². The van der Waals surface area contributed by atoms with Crippen LogP contribution in [0.15, 0.2) is 0 Å². The summed E-state index contributed by atoms with van der Waals surface area (Å²) in [5.74, 6) is -0.496. The van der Waals surface area contributed by atoms with Gasteiger partial charge >= 0.3 is 12.1 Å². The molecule has 0 radical (unpaired) electrons. The SMILES string of the molecule is CN(C(=O)OC(C)(C)C)[C@@H](CCCO)C(=O)OC(C)(C)C. The molecule has 0 aliphatic carbocycles. The normalized spacial score (nSPS) is 13.5. The Morgan fingerprint density at radius 1 is 1.05 bits per heavy atom. The van der Waals surface area contributed by atoms with E-state index in [1.807, 2.05) is 0 Å². The van der Waals surface area contributed by atoms with Gasteiger partial charge in [-0.25, -0.2) is 9.59 Å². The highest BCUT2D eigenvalue weighted by molar-refractivity contribution is 5.81. The number of likely N-dealkylation sites (N-methyl/N-ethyl adjacent to an activating group) is 1. The summed E-state index contributed by atoms with van der Waals surface area (Å²) in [4.78, 5) is 25.5. The number of aliphatic hydroxyl groups excluding tert-OH is 1. The first-order valence-corrected chi connectivity index (χ1v) is 7.17. The van der Waals surface area contributed by atoms with Gasteiger partial charge in [0.05, 0.1) is 0 Å². The standard InChI is InChI=1S/C15H29NO5/c1-14(2,3)20-12(18)11(9-8-10-17)16(7)13(19)21-15(4,5)6/h11,17H,8-10H2,1-7H3/t11-/m0/s1. The Hall–Kier alpha value is -1.30. The molecule has 0 rings (SSSR count). The Labute approximate surface area is 127 Å². The van der Waals surface area contributed by atoms with Crippen molar-refractivity contribution in [2.24, 2.45) is 0 Å². The summed E-state index contributed by atoms with van der Waals surface area (Å²) in [5, 5.41) is 8.95. The van der Waals surface area contributed by atoms with E-state index in [2.05, 4.69) is 0 Å². The second-order valence-corrected chi connectivity index (χ2v) is 7.01. The van der Waals surface area contributed by atoms with Gasteiger partial charge in [-0.1, -0.05) is 0 Å². The second kappa shape index (κ2) is 7.64. The van der Waals surface area contributed by atoms with E-state index in [-0.39, 0.29) is 6.61 Å². The van der Waals surface area contributed by atoms with Crippen LogP contribution in [0.5, 0.6) is 0 Å². The summed E-state index contributed by atoms with van der Waals surface area (Å²) in [6, 6.07) is -0.772. The molecule has 1 amide bonds. The van der Waals surface area contributed by atoms with E-state index in [0.29, 0.717) is 12.8 Å². The van der Waals surface area contributed by atoms with Crippen molar-refractivity contribution in [3.05, 3.63) is 0 Å². The molecule has 1 atom stereocenters. The summed E-state index contributed by atoms with van der Waals surface area (Å²) in [5.41, 5.74) is -1.27. The molecule has 6 heteroatoms. The maximum Gasteiger partial charge on any atom is 0.410 e. The number of hydrogen-bond acceptors (Lipinski definition) is 5. The van der Waals surface area contributed by atoms with Crippen molar-refractivity contribution in [1.82, 2.24) is 4.90 Å². The number of amides is 1. The summed E-state index contributed by atoms with van der Waals surface area (Å²) >= 11 is 0. The fraction of sp³-hybridized carbons (Fsp3) is 0.867. The van der Waals surface area contributed by atoms with Gasteiger partial charge in [-0.15, -0.1) is 0 Å². The molecule has 0 aliphatic heterocycles. The van der Waals surface area contributed by atoms with E-state index in [1.165, 1.54) is 11.9 Å². The predicted octanol–water partition coefficient (Wildman–Crippen LogP) is 2.34. The third-order valence-corrected chi connectivity index (χ3v) is 2.46. The number of nitrogens with zero attached hydrogens (tertiary/aromatic N) is 1. The lowest BCUT2D eigenvalue weighted by molar-refractivity contribution is -0.161. The molecule has 0 aromatic carbocycles. The molecule has 0 bridgehead atoms. The number of carbonyl (C=O) groups excluding carboxylic acids is 2. The number of carbonyl (C=O) groups is 2. The maximum absolute atomic E-state index is 12.2. The van der Waals surface area contributed by atoms with Crippen LogP contribution in [0.25, 0.3) is 0 Å². The zero-order valence-electron chi connectivity index (χ0n) is 14.2. The van der Waals surface area contributed by atoms with Gasteiger partial charge in [-0.3, -0.25) is 4.90 Å². The van der Waals surface area contributed by atoms with E-state index in [9.17, 15) is 9.59 Å². The van der Waals surface area contributed by atoms with Gasteiger partial charge in [0.25, 0.3) is 0 Å². The Morgan fingerprint density at radius 2 is 1.52 bits per heavy atom. The fourth-order valence-electron chi connectivity index (χ4n) is 1.59. The Balaban J connectivity index is 4.96. The minimum atomic E-state index is -0.772. The predicted molar refractivity (Wildman–Crippen MR) is 79.9 cm³/mol. The summed E-state index contributed by atoms with van der Waals surface area (Å²) < 4.78 is 10.6. The van der Waals surface area contributed by atoms with E-state index in [0.717, 1.165) is 0 Å². The molecule has 0 unspecified atom stereocenters. The smallest absolute Gasteiger partial charge is 0.410 e. The van der Waals surface area contributed by atoms with Gasteiger partial charge in [0.15, 0.2) is 0 Å². The quantitative estimate of drug-likeness (QED) is 0.789. The second-order valence-electron chi connectivity index (χ2n) is 7.01. The highest BCUT2D eigenvalue weighted by atomic mass is 16.6. The first kappa shape index (κ1) is 19.7. The molecule has 21 heavy (non-hydrogen) atoms. The average Bonchev–Trinajstić information content (AvgIpc) is 2.24. The monoisotopic (exact) mass is 303 g/mol. The molecule has 0 saturated heterocycles. The van der Waals surface area contributed by atoms with E-state index in [4.69, 9.17) is 14.6 Å². The number of aliphatic hydroxyl groups is 1. The summed E-state index contributed by atoms with van der Waals surface area (Å²) in [6.45, 7) is 10.5. The molecule has 0 heterocycles. The average molecular weight is 303 g/mol. The molecular formula is C15H29NO5. The van der Waals surface area contributed by atoms with Crippen molar-refractivity contribution < 1.29 is 24.2 Å². The first-order chi connectivity index (χ1) is 9.37. The zero-order chi connectivity index (χ0) is 16.8. The summed E-state index contributed by atoms with van der Waals surface area (Å²) in [6.07, 6.45) is 0.134. The van der Waals surface area contributed by atoms with Crippen molar-refractivity contribution in [2.75, 3.05) is 13.7 Å². The van der Waals surface area contributed by atoms with Crippen LogP contribution < -0.4 is 0 Å². The molecule has 6 nitrogen and oxygen atoms in total. The highest BCUT2D eigenvalue weighted by Crippen LogP contribution is 2.17. The molecule has 0 saturated carbocycles. The van der Waals surface area contributed by atoms with Gasteiger partial charge in [-0.2, -0.15) is 0 Å². The lowest BCUT2D eigenvalue weighted by Crippen LogP contribution is -2.47. The molecule has 0 spiro atoms. The Bertz CT molecular complexity index is 354. The largest absolute Gasteiger partial charge is 0.458 e. The number of esters is 1. The molecule has 0 aromatic rings. The van der Waals surface area contributed by atoms with E-state index >= 15 is 0 Å². The number of ether oxygens (including phenoxy) is 2. The fourth-order valence-corrected chi connectivity index (χ4v) is 1.59. The van der Waals surface area contributed by atoms with E-state index < -0.39 is 29.3 Å². The van der Waals surface area contributed by atoms with Crippen LogP contribution in [-0.4, -0.2) is 53.0 Å². The third-order valence-electron chi connectivity index (χ3n) is 2.46. The molecule has 124 valence electrons. The third kappa shape index (κ3) is 8.55. The van der Waals surface area contributed by atoms with Crippen molar-refractivity contribution >= 4 is 12.1 Å². The first-order valence-electron chi connectivity index (χ1n) is 7.17. The Kier molecular flexibility index (Phi) is 7.16. The van der Waals surface area contributed by atoms with Gasteiger partial charge in [0, 0.05) is 13.7 Å². The Morgan fingerprint density at radius 3 is 1.90 bits per heavy atom. The molecule has 0 fully saturated rings. The van der Waals surface area contributed by atoms with Crippen molar-refractivity contribution in [1.29, 1.82) is 0 Å². The molecular weight excluding hydrogens is 274 g/mol. The van der Waals surface area contributed by atoms with Crippen molar-refractivity contribution in [2.45, 2.75) is 71.6 Å². The maximum atomic E-state index is 12.2. The summed E-state index contributed by atoms with van der Waals surface area (Å²) in [7, 11) is 1.50. The van der Waals surface area contributed by atoms with Crippen LogP contribution >= 0.6 is 0 Å². The van der Waals surface area contributed by atoms with Crippen LogP contribution in [0.3, 0.4) is 0 Å². The highest BCUT2D eigenvalue weighted by Gasteiger charge is 2.33.